The Hall–Kier alpha value is -2.06. The van der Waals surface area contributed by atoms with Crippen molar-refractivity contribution in [3.8, 4) is 5.75 Å². The van der Waals surface area contributed by atoms with Crippen LogP contribution in [-0.2, 0) is 12.8 Å². The number of rotatable bonds is 4. The molecule has 1 aromatic heterocycles. The Labute approximate surface area is 159 Å². The van der Waals surface area contributed by atoms with Crippen LogP contribution in [0.2, 0.25) is 5.02 Å². The number of hydrogen-bond acceptors (Lipinski definition) is 5. The number of hydrogen-bond donors (Lipinski definition) is 1. The SMILES string of the molecule is CC1(O)CCN(c2ncc(OCc3c(Cl)cccc3C(F)(F)F)cn2)CC1. The highest BCUT2D eigenvalue weighted by Gasteiger charge is 2.34. The fraction of sp³-hybridized carbons (Fsp3) is 0.444. The topological polar surface area (TPSA) is 58.5 Å². The van der Waals surface area contributed by atoms with Gasteiger partial charge in [-0.3, -0.25) is 0 Å². The van der Waals surface area contributed by atoms with Crippen molar-refractivity contribution in [1.82, 2.24) is 9.97 Å². The Morgan fingerprint density at radius 2 is 1.85 bits per heavy atom. The smallest absolute Gasteiger partial charge is 0.416 e. The maximum atomic E-state index is 13.1. The van der Waals surface area contributed by atoms with Crippen molar-refractivity contribution in [2.45, 2.75) is 38.1 Å². The van der Waals surface area contributed by atoms with E-state index < -0.39 is 17.3 Å². The van der Waals surface area contributed by atoms with E-state index in [1.807, 2.05) is 4.90 Å². The van der Waals surface area contributed by atoms with Crippen LogP contribution in [0.4, 0.5) is 19.1 Å². The Balaban J connectivity index is 1.67. The van der Waals surface area contributed by atoms with Crippen molar-refractivity contribution in [3.05, 3.63) is 46.7 Å². The van der Waals surface area contributed by atoms with Gasteiger partial charge in [-0.05, 0) is 31.9 Å². The second-order valence-electron chi connectivity index (χ2n) is 6.76. The molecule has 1 aromatic carbocycles. The number of halogens is 4. The van der Waals surface area contributed by atoms with Crippen molar-refractivity contribution in [1.29, 1.82) is 0 Å². The molecule has 1 saturated heterocycles. The Kier molecular flexibility index (Phi) is 5.48. The lowest BCUT2D eigenvalue weighted by atomic mass is 9.94. The van der Waals surface area contributed by atoms with E-state index in [4.69, 9.17) is 16.3 Å². The molecule has 2 aromatic rings. The quantitative estimate of drug-likeness (QED) is 0.836. The third-order valence-corrected chi connectivity index (χ3v) is 4.90. The zero-order valence-corrected chi connectivity index (χ0v) is 15.4. The fourth-order valence-corrected chi connectivity index (χ4v) is 3.09. The summed E-state index contributed by atoms with van der Waals surface area (Å²) in [6.07, 6.45) is -0.458. The molecule has 0 atom stereocenters. The van der Waals surface area contributed by atoms with Gasteiger partial charge in [0.2, 0.25) is 5.95 Å². The summed E-state index contributed by atoms with van der Waals surface area (Å²) in [5.41, 5.74) is -1.63. The number of nitrogens with zero attached hydrogens (tertiary/aromatic N) is 3. The molecule has 146 valence electrons. The van der Waals surface area contributed by atoms with Crippen molar-refractivity contribution in [2.24, 2.45) is 0 Å². The summed E-state index contributed by atoms with van der Waals surface area (Å²) in [5.74, 6) is 0.738. The summed E-state index contributed by atoms with van der Waals surface area (Å²) in [6, 6.07) is 3.61. The van der Waals surface area contributed by atoms with E-state index in [9.17, 15) is 18.3 Å². The number of ether oxygens (including phenoxy) is 1. The van der Waals surface area contributed by atoms with E-state index in [1.54, 1.807) is 6.92 Å². The van der Waals surface area contributed by atoms with Crippen LogP contribution in [0.5, 0.6) is 5.75 Å². The van der Waals surface area contributed by atoms with E-state index in [0.29, 0.717) is 31.9 Å². The summed E-state index contributed by atoms with van der Waals surface area (Å²) in [4.78, 5) is 10.4. The van der Waals surface area contributed by atoms with Crippen molar-refractivity contribution in [2.75, 3.05) is 18.0 Å². The highest BCUT2D eigenvalue weighted by Crippen LogP contribution is 2.35. The van der Waals surface area contributed by atoms with Gasteiger partial charge in [-0.1, -0.05) is 17.7 Å². The van der Waals surface area contributed by atoms with Crippen molar-refractivity contribution in [3.63, 3.8) is 0 Å². The largest absolute Gasteiger partial charge is 0.486 e. The molecule has 3 rings (SSSR count). The third kappa shape index (κ3) is 4.81. The molecule has 0 bridgehead atoms. The molecule has 27 heavy (non-hydrogen) atoms. The van der Waals surface area contributed by atoms with Gasteiger partial charge in [-0.15, -0.1) is 0 Å². The monoisotopic (exact) mass is 401 g/mol. The van der Waals surface area contributed by atoms with Gasteiger partial charge in [-0.2, -0.15) is 13.2 Å². The maximum absolute atomic E-state index is 13.1. The van der Waals surface area contributed by atoms with Crippen LogP contribution in [0, 0.1) is 0 Å². The molecule has 0 unspecified atom stereocenters. The number of anilines is 1. The minimum absolute atomic E-state index is 0.0114. The zero-order chi connectivity index (χ0) is 19.7. The predicted molar refractivity (Wildman–Crippen MR) is 94.9 cm³/mol. The Morgan fingerprint density at radius 3 is 2.44 bits per heavy atom. The highest BCUT2D eigenvalue weighted by molar-refractivity contribution is 6.31. The molecular weight excluding hydrogens is 383 g/mol. The van der Waals surface area contributed by atoms with Gasteiger partial charge in [0.1, 0.15) is 6.61 Å². The molecule has 1 N–H and O–H groups in total. The summed E-state index contributed by atoms with van der Waals surface area (Å²) in [7, 11) is 0. The molecule has 0 spiro atoms. The predicted octanol–water partition coefficient (Wildman–Crippen LogP) is 4.08. The van der Waals surface area contributed by atoms with Crippen LogP contribution in [0.1, 0.15) is 30.9 Å². The van der Waals surface area contributed by atoms with Crippen LogP contribution in [0.3, 0.4) is 0 Å². The molecule has 5 nitrogen and oxygen atoms in total. The van der Waals surface area contributed by atoms with E-state index in [-0.39, 0.29) is 22.9 Å². The lowest BCUT2D eigenvalue weighted by Gasteiger charge is -2.35. The first-order valence-corrected chi connectivity index (χ1v) is 8.80. The van der Waals surface area contributed by atoms with Gasteiger partial charge in [0.05, 0.1) is 23.6 Å². The van der Waals surface area contributed by atoms with Crippen molar-refractivity contribution < 1.29 is 23.0 Å². The van der Waals surface area contributed by atoms with E-state index in [2.05, 4.69) is 9.97 Å². The lowest BCUT2D eigenvalue weighted by molar-refractivity contribution is -0.138. The molecule has 1 fully saturated rings. The third-order valence-electron chi connectivity index (χ3n) is 4.55. The average molecular weight is 402 g/mol. The molecule has 2 heterocycles. The Morgan fingerprint density at radius 1 is 1.22 bits per heavy atom. The first kappa shape index (κ1) is 19.7. The zero-order valence-electron chi connectivity index (χ0n) is 14.6. The fourth-order valence-electron chi connectivity index (χ4n) is 2.86. The van der Waals surface area contributed by atoms with Crippen LogP contribution in [0.25, 0.3) is 0 Å². The van der Waals surface area contributed by atoms with E-state index in [1.165, 1.54) is 24.5 Å². The van der Waals surface area contributed by atoms with Gasteiger partial charge in [0, 0.05) is 23.7 Å². The average Bonchev–Trinajstić information content (AvgIpc) is 2.60. The number of aliphatic hydroxyl groups is 1. The standard InChI is InChI=1S/C18H19ClF3N3O2/c1-17(26)5-7-25(8-6-17)16-23-9-12(10-24-16)27-11-13-14(18(20,21)22)3-2-4-15(13)19/h2-4,9-10,26H,5-8,11H2,1H3. The van der Waals surface area contributed by atoms with Crippen LogP contribution in [-0.4, -0.2) is 33.8 Å². The minimum Gasteiger partial charge on any atom is -0.486 e. The van der Waals surface area contributed by atoms with Crippen molar-refractivity contribution >= 4 is 17.5 Å². The number of aromatic nitrogens is 2. The van der Waals surface area contributed by atoms with E-state index >= 15 is 0 Å². The molecule has 0 radical (unpaired) electrons. The summed E-state index contributed by atoms with van der Waals surface area (Å²) < 4.78 is 44.7. The maximum Gasteiger partial charge on any atom is 0.416 e. The van der Waals surface area contributed by atoms with Crippen LogP contribution in [0.15, 0.2) is 30.6 Å². The number of benzene rings is 1. The molecule has 0 amide bonds. The van der Waals surface area contributed by atoms with E-state index in [0.717, 1.165) is 6.07 Å². The van der Waals surface area contributed by atoms with Gasteiger partial charge >= 0.3 is 6.18 Å². The second-order valence-corrected chi connectivity index (χ2v) is 7.16. The summed E-state index contributed by atoms with van der Waals surface area (Å²) in [6.45, 7) is 2.71. The molecular formula is C18H19ClF3N3O2. The van der Waals surface area contributed by atoms with Gasteiger partial charge in [-0.25, -0.2) is 9.97 Å². The first-order valence-electron chi connectivity index (χ1n) is 8.42. The molecule has 0 aliphatic carbocycles. The number of piperidine rings is 1. The first-order chi connectivity index (χ1) is 12.7. The summed E-state index contributed by atoms with van der Waals surface area (Å²) >= 11 is 5.91. The minimum atomic E-state index is -4.51. The normalized spacial score (nSPS) is 17.0. The van der Waals surface area contributed by atoms with Crippen LogP contribution >= 0.6 is 11.6 Å². The second kappa shape index (κ2) is 7.52. The highest BCUT2D eigenvalue weighted by atomic mass is 35.5. The van der Waals surface area contributed by atoms with Gasteiger partial charge < -0.3 is 14.7 Å². The molecule has 1 aliphatic heterocycles. The Bertz CT molecular complexity index is 787. The summed E-state index contributed by atoms with van der Waals surface area (Å²) in [5, 5.41) is 9.97. The van der Waals surface area contributed by atoms with Gasteiger partial charge in [0.15, 0.2) is 5.75 Å². The van der Waals surface area contributed by atoms with Gasteiger partial charge in [0.25, 0.3) is 0 Å². The number of alkyl halides is 3. The molecule has 9 heteroatoms. The van der Waals surface area contributed by atoms with Crippen LogP contribution < -0.4 is 9.64 Å². The molecule has 0 saturated carbocycles. The molecule has 1 aliphatic rings. The lowest BCUT2D eigenvalue weighted by Crippen LogP contribution is -2.43.